The van der Waals surface area contributed by atoms with Crippen LogP contribution in [0.4, 0.5) is 0 Å². The molecule has 1 aromatic heterocycles. The van der Waals surface area contributed by atoms with Crippen molar-refractivity contribution in [3.8, 4) is 0 Å². The van der Waals surface area contributed by atoms with Crippen LogP contribution in [0.5, 0.6) is 0 Å². The number of ether oxygens (including phenoxy) is 1. The molecule has 0 saturated heterocycles. The lowest BCUT2D eigenvalue weighted by Crippen LogP contribution is -2.38. The van der Waals surface area contributed by atoms with E-state index in [1.165, 1.54) is 24.7 Å². The average Bonchev–Trinajstić information content (AvgIpc) is 2.56. The Morgan fingerprint density at radius 1 is 1.12 bits per heavy atom. The number of aromatic nitrogens is 2. The van der Waals surface area contributed by atoms with E-state index in [1.54, 1.807) is 24.3 Å². The minimum absolute atomic E-state index is 0.0149. The predicted molar refractivity (Wildman–Crippen MR) is 95.8 cm³/mol. The van der Waals surface area contributed by atoms with Crippen LogP contribution in [0.3, 0.4) is 0 Å². The molecule has 0 saturated carbocycles. The summed E-state index contributed by atoms with van der Waals surface area (Å²) in [6.07, 6.45) is 0. The topological polar surface area (TPSA) is 70.3 Å². The molecule has 7 heteroatoms. The summed E-state index contributed by atoms with van der Waals surface area (Å²) in [4.78, 5) is 36.2. The van der Waals surface area contributed by atoms with Crippen LogP contribution in [-0.4, -0.2) is 15.1 Å². The van der Waals surface area contributed by atoms with E-state index in [4.69, 9.17) is 16.3 Å². The van der Waals surface area contributed by atoms with Gasteiger partial charge >= 0.3 is 11.7 Å². The van der Waals surface area contributed by atoms with Gasteiger partial charge in [-0.25, -0.2) is 4.79 Å². The van der Waals surface area contributed by atoms with Gasteiger partial charge < -0.3 is 4.74 Å². The molecular formula is C18H21ClN2O4. The Hall–Kier alpha value is -2.34. The number of esters is 1. The largest absolute Gasteiger partial charge is 0.459 e. The van der Waals surface area contributed by atoms with Crippen molar-refractivity contribution in [2.24, 2.45) is 20.0 Å². The summed E-state index contributed by atoms with van der Waals surface area (Å²) in [5.41, 5.74) is 0.256. The van der Waals surface area contributed by atoms with Gasteiger partial charge in [0.15, 0.2) is 0 Å². The Morgan fingerprint density at radius 2 is 1.72 bits per heavy atom. The maximum Gasteiger partial charge on any atom is 0.330 e. The number of rotatable bonds is 5. The molecule has 0 fully saturated rings. The van der Waals surface area contributed by atoms with Gasteiger partial charge in [0.1, 0.15) is 6.61 Å². The van der Waals surface area contributed by atoms with Crippen molar-refractivity contribution in [1.29, 1.82) is 0 Å². The fourth-order valence-electron chi connectivity index (χ4n) is 2.61. The summed E-state index contributed by atoms with van der Waals surface area (Å²) in [6.45, 7) is 3.71. The van der Waals surface area contributed by atoms with E-state index in [0.29, 0.717) is 10.7 Å². The van der Waals surface area contributed by atoms with Gasteiger partial charge in [-0.15, -0.1) is 0 Å². The molecule has 0 bridgehead atoms. The molecule has 0 amide bonds. The van der Waals surface area contributed by atoms with Crippen molar-refractivity contribution in [3.63, 3.8) is 0 Å². The molecule has 25 heavy (non-hydrogen) atoms. The van der Waals surface area contributed by atoms with Crippen LogP contribution in [0.1, 0.15) is 31.0 Å². The minimum Gasteiger partial charge on any atom is -0.459 e. The highest BCUT2D eigenvalue weighted by Crippen LogP contribution is 2.27. The SMILES string of the molecule is CC(C)[C@@H](C(=O)OCc1cc(=O)n(C)c(=O)n1C)c1ccc(Cl)cc1. The lowest BCUT2D eigenvalue weighted by atomic mass is 9.88. The van der Waals surface area contributed by atoms with E-state index in [1.807, 2.05) is 13.8 Å². The van der Waals surface area contributed by atoms with Crippen molar-refractivity contribution < 1.29 is 9.53 Å². The molecule has 1 heterocycles. The van der Waals surface area contributed by atoms with Crippen LogP contribution < -0.4 is 11.2 Å². The molecule has 1 aromatic carbocycles. The van der Waals surface area contributed by atoms with Crippen molar-refractivity contribution in [2.75, 3.05) is 0 Å². The average molecular weight is 365 g/mol. The highest BCUT2D eigenvalue weighted by atomic mass is 35.5. The highest BCUT2D eigenvalue weighted by molar-refractivity contribution is 6.30. The monoisotopic (exact) mass is 364 g/mol. The zero-order valence-corrected chi connectivity index (χ0v) is 15.4. The van der Waals surface area contributed by atoms with Crippen molar-refractivity contribution in [1.82, 2.24) is 9.13 Å². The third-order valence-electron chi connectivity index (χ3n) is 4.14. The molecule has 0 radical (unpaired) electrons. The Balaban J connectivity index is 2.22. The Morgan fingerprint density at radius 3 is 2.28 bits per heavy atom. The normalized spacial score (nSPS) is 12.2. The second kappa shape index (κ2) is 7.70. The third-order valence-corrected chi connectivity index (χ3v) is 4.39. The van der Waals surface area contributed by atoms with Crippen LogP contribution in [0, 0.1) is 5.92 Å². The van der Waals surface area contributed by atoms with Crippen molar-refractivity contribution >= 4 is 17.6 Å². The minimum atomic E-state index is -0.461. The van der Waals surface area contributed by atoms with Crippen LogP contribution in [-0.2, 0) is 30.2 Å². The first-order chi connectivity index (χ1) is 11.7. The van der Waals surface area contributed by atoms with E-state index >= 15 is 0 Å². The summed E-state index contributed by atoms with van der Waals surface area (Å²) < 4.78 is 7.68. The number of hydrogen-bond donors (Lipinski definition) is 0. The molecule has 0 aliphatic rings. The molecule has 0 spiro atoms. The quantitative estimate of drug-likeness (QED) is 0.763. The van der Waals surface area contributed by atoms with Gasteiger partial charge in [0.25, 0.3) is 5.56 Å². The van der Waals surface area contributed by atoms with Crippen molar-refractivity contribution in [2.45, 2.75) is 26.4 Å². The molecule has 1 atom stereocenters. The number of benzene rings is 1. The highest BCUT2D eigenvalue weighted by Gasteiger charge is 2.26. The van der Waals surface area contributed by atoms with Gasteiger partial charge in [0.2, 0.25) is 0 Å². The van der Waals surface area contributed by atoms with Gasteiger partial charge in [-0.3, -0.25) is 18.7 Å². The first-order valence-corrected chi connectivity index (χ1v) is 8.28. The number of carbonyl (C=O) groups excluding carboxylic acids is 1. The zero-order valence-electron chi connectivity index (χ0n) is 14.7. The molecule has 2 aromatic rings. The van der Waals surface area contributed by atoms with Gasteiger partial charge in [-0.1, -0.05) is 37.6 Å². The van der Waals surface area contributed by atoms with E-state index in [9.17, 15) is 14.4 Å². The van der Waals surface area contributed by atoms with Gasteiger partial charge in [-0.05, 0) is 23.6 Å². The second-order valence-corrected chi connectivity index (χ2v) is 6.69. The fourth-order valence-corrected chi connectivity index (χ4v) is 2.74. The summed E-state index contributed by atoms with van der Waals surface area (Å²) in [7, 11) is 2.93. The number of halogens is 1. The first kappa shape index (κ1) is 19.0. The molecule has 0 aliphatic carbocycles. The summed E-state index contributed by atoms with van der Waals surface area (Å²) in [5.74, 6) is -0.854. The smallest absolute Gasteiger partial charge is 0.330 e. The third kappa shape index (κ3) is 4.20. The molecule has 0 unspecified atom stereocenters. The molecule has 6 nitrogen and oxygen atoms in total. The maximum atomic E-state index is 12.6. The molecule has 0 aliphatic heterocycles. The van der Waals surface area contributed by atoms with Gasteiger partial charge in [0.05, 0.1) is 11.6 Å². The van der Waals surface area contributed by atoms with Gasteiger partial charge in [0, 0.05) is 25.2 Å². The van der Waals surface area contributed by atoms with Crippen LogP contribution in [0.15, 0.2) is 39.9 Å². The molecule has 134 valence electrons. The number of carbonyl (C=O) groups is 1. The molecule has 0 N–H and O–H groups in total. The zero-order chi connectivity index (χ0) is 18.7. The lowest BCUT2D eigenvalue weighted by molar-refractivity contribution is -0.148. The fraction of sp³-hybridized carbons (Fsp3) is 0.389. The molecule has 2 rings (SSSR count). The summed E-state index contributed by atoms with van der Waals surface area (Å²) in [6, 6.07) is 8.33. The van der Waals surface area contributed by atoms with Gasteiger partial charge in [-0.2, -0.15) is 0 Å². The summed E-state index contributed by atoms with van der Waals surface area (Å²) in [5, 5.41) is 0.592. The van der Waals surface area contributed by atoms with E-state index < -0.39 is 23.1 Å². The van der Waals surface area contributed by atoms with Crippen LogP contribution >= 0.6 is 11.6 Å². The van der Waals surface area contributed by atoms with E-state index in [-0.39, 0.29) is 12.5 Å². The van der Waals surface area contributed by atoms with Crippen molar-refractivity contribution in [3.05, 3.63) is 67.4 Å². The van der Waals surface area contributed by atoms with E-state index in [2.05, 4.69) is 0 Å². The predicted octanol–water partition coefficient (Wildman–Crippen LogP) is 2.22. The van der Waals surface area contributed by atoms with E-state index in [0.717, 1.165) is 10.1 Å². The Labute approximate surface area is 150 Å². The standard InChI is InChI=1S/C18H21ClN2O4/c1-11(2)16(12-5-7-13(19)8-6-12)17(23)25-10-14-9-15(22)21(4)18(24)20(14)3/h5-9,11,16H,10H2,1-4H3/t16-/m1/s1. The number of hydrogen-bond acceptors (Lipinski definition) is 4. The first-order valence-electron chi connectivity index (χ1n) is 7.90. The van der Waals surface area contributed by atoms with Crippen LogP contribution in [0.2, 0.25) is 5.02 Å². The molecular weight excluding hydrogens is 344 g/mol. The number of nitrogens with zero attached hydrogens (tertiary/aromatic N) is 2. The second-order valence-electron chi connectivity index (χ2n) is 6.26. The summed E-state index contributed by atoms with van der Waals surface area (Å²) >= 11 is 5.90. The Bertz CT molecular complexity index is 881. The Kier molecular flexibility index (Phi) is 5.85. The lowest BCUT2D eigenvalue weighted by Gasteiger charge is -2.20. The van der Waals surface area contributed by atoms with Crippen LogP contribution in [0.25, 0.3) is 0 Å². The maximum absolute atomic E-state index is 12.6.